The maximum absolute atomic E-state index is 11.9. The minimum absolute atomic E-state index is 0.143. The number of nitrogens with zero attached hydrogens (tertiary/aromatic N) is 5. The van der Waals surface area contributed by atoms with E-state index in [0.29, 0.717) is 10.2 Å². The fourth-order valence-electron chi connectivity index (χ4n) is 1.93. The lowest BCUT2D eigenvalue weighted by molar-refractivity contribution is -0.113. The first-order chi connectivity index (χ1) is 11.5. The fraction of sp³-hybridized carbons (Fsp3) is 0.286. The summed E-state index contributed by atoms with van der Waals surface area (Å²) in [6.45, 7) is 5.77. The first-order valence-electron chi connectivity index (χ1n) is 7.02. The molecule has 3 heterocycles. The van der Waals surface area contributed by atoms with Gasteiger partial charge in [-0.25, -0.2) is 4.98 Å². The first kappa shape index (κ1) is 16.9. The van der Waals surface area contributed by atoms with Crippen molar-refractivity contribution in [1.82, 2.24) is 25.4 Å². The summed E-state index contributed by atoms with van der Waals surface area (Å²) in [7, 11) is 0. The third-order valence-corrected chi connectivity index (χ3v) is 5.67. The van der Waals surface area contributed by atoms with Crippen molar-refractivity contribution in [3.63, 3.8) is 0 Å². The Bertz CT molecular complexity index is 858. The Kier molecular flexibility index (Phi) is 5.17. The number of thioether (sulfide) groups is 1. The molecular formula is C14H14N6OS3. The summed E-state index contributed by atoms with van der Waals surface area (Å²) in [6.07, 6.45) is 0. The second-order valence-electron chi connectivity index (χ2n) is 4.87. The molecule has 3 aromatic rings. The Morgan fingerprint density at radius 3 is 2.50 bits per heavy atom. The van der Waals surface area contributed by atoms with Crippen molar-refractivity contribution in [2.45, 2.75) is 25.8 Å². The van der Waals surface area contributed by atoms with Crippen molar-refractivity contribution in [2.75, 3.05) is 11.1 Å². The van der Waals surface area contributed by atoms with E-state index in [2.05, 4.69) is 30.7 Å². The molecule has 3 aromatic heterocycles. The minimum atomic E-state index is -0.143. The van der Waals surface area contributed by atoms with Crippen LogP contribution in [0.25, 0.3) is 10.6 Å². The van der Waals surface area contributed by atoms with E-state index in [4.69, 9.17) is 0 Å². The Morgan fingerprint density at radius 1 is 1.08 bits per heavy atom. The first-order valence-corrected chi connectivity index (χ1v) is 9.64. The van der Waals surface area contributed by atoms with Gasteiger partial charge in [-0.3, -0.25) is 10.1 Å². The van der Waals surface area contributed by atoms with Crippen molar-refractivity contribution in [1.29, 1.82) is 0 Å². The standard InChI is InChI=1S/C14H14N6OS3/c1-7-13(23-8(2)15-7)10-4-5-12(19-18-10)22-6-11(21)16-14-20-17-9(3)24-14/h4-5H,6H2,1-3H3,(H,16,20,21). The highest BCUT2D eigenvalue weighted by Gasteiger charge is 2.11. The molecule has 7 nitrogen and oxygen atoms in total. The average Bonchev–Trinajstić information content (AvgIpc) is 3.10. The summed E-state index contributed by atoms with van der Waals surface area (Å²) in [4.78, 5) is 17.3. The zero-order chi connectivity index (χ0) is 17.1. The van der Waals surface area contributed by atoms with Gasteiger partial charge in [0.15, 0.2) is 0 Å². The maximum atomic E-state index is 11.9. The van der Waals surface area contributed by atoms with Gasteiger partial charge in [-0.05, 0) is 32.9 Å². The van der Waals surface area contributed by atoms with Gasteiger partial charge < -0.3 is 0 Å². The predicted octanol–water partition coefficient (Wildman–Crippen LogP) is 3.11. The molecule has 0 saturated carbocycles. The van der Waals surface area contributed by atoms with E-state index in [1.54, 1.807) is 11.3 Å². The maximum Gasteiger partial charge on any atom is 0.236 e. The smallest absolute Gasteiger partial charge is 0.236 e. The van der Waals surface area contributed by atoms with Crippen LogP contribution in [0.3, 0.4) is 0 Å². The molecule has 0 aliphatic carbocycles. The molecule has 0 aliphatic rings. The normalized spacial score (nSPS) is 10.8. The van der Waals surface area contributed by atoms with Gasteiger partial charge in [0.05, 0.1) is 21.3 Å². The second kappa shape index (κ2) is 7.32. The van der Waals surface area contributed by atoms with E-state index in [1.807, 2.05) is 32.9 Å². The minimum Gasteiger partial charge on any atom is -0.300 e. The molecule has 10 heteroatoms. The van der Waals surface area contributed by atoms with Crippen LogP contribution in [0.4, 0.5) is 5.13 Å². The molecule has 0 radical (unpaired) electrons. The van der Waals surface area contributed by atoms with E-state index in [0.717, 1.165) is 26.3 Å². The Hall–Kier alpha value is -1.91. The molecule has 3 rings (SSSR count). The number of amides is 1. The average molecular weight is 379 g/mol. The largest absolute Gasteiger partial charge is 0.300 e. The van der Waals surface area contributed by atoms with Gasteiger partial charge in [-0.15, -0.1) is 31.7 Å². The van der Waals surface area contributed by atoms with Crippen molar-refractivity contribution >= 4 is 45.5 Å². The third-order valence-electron chi connectivity index (χ3n) is 2.90. The molecule has 0 aromatic carbocycles. The van der Waals surface area contributed by atoms with Crippen molar-refractivity contribution < 1.29 is 4.79 Å². The lowest BCUT2D eigenvalue weighted by Crippen LogP contribution is -2.14. The van der Waals surface area contributed by atoms with Crippen LogP contribution in [-0.4, -0.2) is 37.0 Å². The SMILES string of the molecule is Cc1nnc(NC(=O)CSc2ccc(-c3sc(C)nc3C)nn2)s1. The van der Waals surface area contributed by atoms with E-state index < -0.39 is 0 Å². The monoisotopic (exact) mass is 378 g/mol. The number of aromatic nitrogens is 5. The lowest BCUT2D eigenvalue weighted by atomic mass is 10.3. The summed E-state index contributed by atoms with van der Waals surface area (Å²) in [5.74, 6) is 0.0988. The van der Waals surface area contributed by atoms with Crippen LogP contribution in [-0.2, 0) is 4.79 Å². The van der Waals surface area contributed by atoms with Crippen LogP contribution in [0.15, 0.2) is 17.2 Å². The zero-order valence-corrected chi connectivity index (χ0v) is 15.7. The molecule has 124 valence electrons. The number of thiazole rings is 1. The zero-order valence-electron chi connectivity index (χ0n) is 13.2. The highest BCUT2D eigenvalue weighted by Crippen LogP contribution is 2.28. The van der Waals surface area contributed by atoms with Crippen molar-refractivity contribution in [2.24, 2.45) is 0 Å². The van der Waals surface area contributed by atoms with Crippen molar-refractivity contribution in [3.8, 4) is 10.6 Å². The lowest BCUT2D eigenvalue weighted by Gasteiger charge is -2.02. The van der Waals surface area contributed by atoms with Gasteiger partial charge >= 0.3 is 0 Å². The highest BCUT2D eigenvalue weighted by atomic mass is 32.2. The molecule has 0 spiro atoms. The Balaban J connectivity index is 1.58. The van der Waals surface area contributed by atoms with Crippen LogP contribution in [0.1, 0.15) is 15.7 Å². The van der Waals surface area contributed by atoms with Crippen LogP contribution in [0, 0.1) is 20.8 Å². The molecule has 1 N–H and O–H groups in total. The van der Waals surface area contributed by atoms with E-state index in [1.165, 1.54) is 23.1 Å². The van der Waals surface area contributed by atoms with Gasteiger partial charge in [-0.1, -0.05) is 23.1 Å². The van der Waals surface area contributed by atoms with E-state index in [-0.39, 0.29) is 11.7 Å². The third kappa shape index (κ3) is 4.13. The number of anilines is 1. The number of hydrogen-bond donors (Lipinski definition) is 1. The van der Waals surface area contributed by atoms with E-state index in [9.17, 15) is 4.79 Å². The molecule has 24 heavy (non-hydrogen) atoms. The summed E-state index contributed by atoms with van der Waals surface area (Å²) >= 11 is 4.27. The molecule has 0 atom stereocenters. The molecule has 1 amide bonds. The summed E-state index contributed by atoms with van der Waals surface area (Å²) in [6, 6.07) is 3.77. The van der Waals surface area contributed by atoms with Gasteiger partial charge in [-0.2, -0.15) is 0 Å². The molecule has 0 saturated heterocycles. The number of nitrogens with one attached hydrogen (secondary N) is 1. The van der Waals surface area contributed by atoms with Gasteiger partial charge in [0.1, 0.15) is 15.7 Å². The predicted molar refractivity (Wildman–Crippen MR) is 96.6 cm³/mol. The van der Waals surface area contributed by atoms with Crippen LogP contribution >= 0.6 is 34.4 Å². The van der Waals surface area contributed by atoms with Gasteiger partial charge in [0.2, 0.25) is 11.0 Å². The van der Waals surface area contributed by atoms with Gasteiger partial charge in [0, 0.05) is 0 Å². The molecule has 0 fully saturated rings. The molecule has 0 bridgehead atoms. The molecule has 0 unspecified atom stereocenters. The van der Waals surface area contributed by atoms with Crippen molar-refractivity contribution in [3.05, 3.63) is 27.8 Å². The Labute approximate surface area is 151 Å². The number of rotatable bonds is 5. The summed E-state index contributed by atoms with van der Waals surface area (Å²) in [5, 5.41) is 21.9. The van der Waals surface area contributed by atoms with E-state index >= 15 is 0 Å². The quantitative estimate of drug-likeness (QED) is 0.682. The highest BCUT2D eigenvalue weighted by molar-refractivity contribution is 7.99. The van der Waals surface area contributed by atoms with Gasteiger partial charge in [0.25, 0.3) is 0 Å². The van der Waals surface area contributed by atoms with Crippen LogP contribution in [0.2, 0.25) is 0 Å². The topological polar surface area (TPSA) is 93.6 Å². The summed E-state index contributed by atoms with van der Waals surface area (Å²) < 4.78 is 0. The second-order valence-corrected chi connectivity index (χ2v) is 8.25. The molecule has 0 aliphatic heterocycles. The number of hydrogen-bond acceptors (Lipinski definition) is 9. The number of aryl methyl sites for hydroxylation is 3. The van der Waals surface area contributed by atoms with Crippen LogP contribution in [0.5, 0.6) is 0 Å². The Morgan fingerprint density at radius 2 is 1.92 bits per heavy atom. The van der Waals surface area contributed by atoms with Crippen LogP contribution < -0.4 is 5.32 Å². The number of carbonyl (C=O) groups is 1. The summed E-state index contributed by atoms with van der Waals surface area (Å²) in [5.41, 5.74) is 1.76. The molecular weight excluding hydrogens is 364 g/mol. The fourth-order valence-corrected chi connectivity index (χ4v) is 4.04. The number of carbonyl (C=O) groups excluding carboxylic acids is 1.